The Morgan fingerprint density at radius 2 is 2.19 bits per heavy atom. The summed E-state index contributed by atoms with van der Waals surface area (Å²) in [6.07, 6.45) is 14.1. The molecule has 0 radical (unpaired) electrons. The number of hydrogen-bond acceptors (Lipinski definition) is 1. The van der Waals surface area contributed by atoms with Gasteiger partial charge in [-0.25, -0.2) is 4.79 Å². The Morgan fingerprint density at radius 1 is 1.25 bits per heavy atom. The number of hydrogen-bond donors (Lipinski definition) is 2. The Hall–Kier alpha value is -1.25. The smallest absolute Gasteiger partial charge is 0.319 e. The summed E-state index contributed by atoms with van der Waals surface area (Å²) >= 11 is 0. The molecule has 16 heavy (non-hydrogen) atoms. The molecule has 0 aliphatic heterocycles. The molecule has 2 rings (SSSR count). The van der Waals surface area contributed by atoms with E-state index in [1.165, 1.54) is 12.8 Å². The van der Waals surface area contributed by atoms with Crippen LogP contribution >= 0.6 is 0 Å². The van der Waals surface area contributed by atoms with Gasteiger partial charge in [0.2, 0.25) is 0 Å². The highest BCUT2D eigenvalue weighted by Gasteiger charge is 2.13. The lowest BCUT2D eigenvalue weighted by Gasteiger charge is -2.21. The van der Waals surface area contributed by atoms with Crippen LogP contribution in [0.5, 0.6) is 0 Å². The molecule has 0 saturated carbocycles. The van der Waals surface area contributed by atoms with Gasteiger partial charge in [0.1, 0.15) is 0 Å². The molecule has 0 heterocycles. The summed E-state index contributed by atoms with van der Waals surface area (Å²) in [7, 11) is 0. The standard InChI is InChI=1S/C13H20N2O/c16-13(14-11-7-3-1-4-8-11)15-12-9-5-2-6-10-12/h1,3,9,11H,2,4-8,10H2,(H2,14,15,16). The Balaban J connectivity index is 1.75. The van der Waals surface area contributed by atoms with Gasteiger partial charge in [-0.05, 0) is 44.9 Å². The third-order valence-corrected chi connectivity index (χ3v) is 3.17. The summed E-state index contributed by atoms with van der Waals surface area (Å²) in [5.74, 6) is 0. The van der Waals surface area contributed by atoms with Gasteiger partial charge in [0.15, 0.2) is 0 Å². The van der Waals surface area contributed by atoms with E-state index in [1.54, 1.807) is 0 Å². The predicted molar refractivity (Wildman–Crippen MR) is 65.0 cm³/mol. The van der Waals surface area contributed by atoms with E-state index in [0.29, 0.717) is 6.04 Å². The molecule has 0 aromatic heterocycles. The minimum absolute atomic E-state index is 0.0338. The molecule has 88 valence electrons. The van der Waals surface area contributed by atoms with Crippen LogP contribution in [-0.4, -0.2) is 12.1 Å². The highest BCUT2D eigenvalue weighted by Crippen LogP contribution is 2.15. The van der Waals surface area contributed by atoms with Crippen LogP contribution in [0.3, 0.4) is 0 Å². The number of rotatable bonds is 2. The molecule has 1 atom stereocenters. The van der Waals surface area contributed by atoms with Crippen molar-refractivity contribution in [3.05, 3.63) is 23.9 Å². The highest BCUT2D eigenvalue weighted by atomic mass is 16.2. The van der Waals surface area contributed by atoms with E-state index < -0.39 is 0 Å². The van der Waals surface area contributed by atoms with Crippen LogP contribution in [0.2, 0.25) is 0 Å². The van der Waals surface area contributed by atoms with Crippen molar-refractivity contribution in [2.45, 2.75) is 51.0 Å². The monoisotopic (exact) mass is 220 g/mol. The van der Waals surface area contributed by atoms with Crippen LogP contribution in [0.4, 0.5) is 4.79 Å². The van der Waals surface area contributed by atoms with Crippen molar-refractivity contribution in [2.24, 2.45) is 0 Å². The molecule has 2 aliphatic rings. The first-order valence-corrected chi connectivity index (χ1v) is 6.26. The summed E-state index contributed by atoms with van der Waals surface area (Å²) in [6, 6.07) is 0.280. The lowest BCUT2D eigenvalue weighted by Crippen LogP contribution is -2.42. The molecule has 2 N–H and O–H groups in total. The van der Waals surface area contributed by atoms with Gasteiger partial charge in [-0.15, -0.1) is 0 Å². The molecular weight excluding hydrogens is 200 g/mol. The van der Waals surface area contributed by atoms with Crippen LogP contribution in [0.15, 0.2) is 23.9 Å². The molecule has 0 spiro atoms. The third-order valence-electron chi connectivity index (χ3n) is 3.17. The second-order valence-corrected chi connectivity index (χ2v) is 4.55. The lowest BCUT2D eigenvalue weighted by molar-refractivity contribution is 0.238. The number of urea groups is 1. The zero-order chi connectivity index (χ0) is 11.2. The second kappa shape index (κ2) is 5.73. The van der Waals surface area contributed by atoms with Crippen LogP contribution < -0.4 is 10.6 Å². The zero-order valence-corrected chi connectivity index (χ0v) is 9.67. The minimum Gasteiger partial charge on any atom is -0.335 e. The van der Waals surface area contributed by atoms with Crippen LogP contribution in [0.25, 0.3) is 0 Å². The van der Waals surface area contributed by atoms with E-state index in [0.717, 1.165) is 37.8 Å². The maximum absolute atomic E-state index is 11.7. The maximum Gasteiger partial charge on any atom is 0.319 e. The fourth-order valence-corrected chi connectivity index (χ4v) is 2.24. The van der Waals surface area contributed by atoms with Crippen molar-refractivity contribution in [2.75, 3.05) is 0 Å². The second-order valence-electron chi connectivity index (χ2n) is 4.55. The number of amides is 2. The van der Waals surface area contributed by atoms with Crippen molar-refractivity contribution in [1.82, 2.24) is 10.6 Å². The normalized spacial score (nSPS) is 24.8. The zero-order valence-electron chi connectivity index (χ0n) is 9.67. The fraction of sp³-hybridized carbons (Fsp3) is 0.615. The molecule has 0 fully saturated rings. The number of carbonyl (C=O) groups is 1. The number of nitrogens with one attached hydrogen (secondary N) is 2. The number of carbonyl (C=O) groups excluding carboxylic acids is 1. The molecule has 1 unspecified atom stereocenters. The predicted octanol–water partition coefficient (Wildman–Crippen LogP) is 2.85. The van der Waals surface area contributed by atoms with Gasteiger partial charge >= 0.3 is 6.03 Å². The average Bonchev–Trinajstić information content (AvgIpc) is 2.31. The van der Waals surface area contributed by atoms with E-state index in [2.05, 4.69) is 28.9 Å². The summed E-state index contributed by atoms with van der Waals surface area (Å²) in [5.41, 5.74) is 1.09. The summed E-state index contributed by atoms with van der Waals surface area (Å²) < 4.78 is 0. The van der Waals surface area contributed by atoms with Crippen molar-refractivity contribution >= 4 is 6.03 Å². The SMILES string of the molecule is O=C(NC1=CCCCC1)NC1CC=CCC1. The quantitative estimate of drug-likeness (QED) is 0.690. The molecule has 3 heteroatoms. The van der Waals surface area contributed by atoms with E-state index in [1.807, 2.05) is 0 Å². The first kappa shape index (κ1) is 11.2. The molecule has 0 saturated heterocycles. The Labute approximate surface area is 97.0 Å². The van der Waals surface area contributed by atoms with E-state index >= 15 is 0 Å². The summed E-state index contributed by atoms with van der Waals surface area (Å²) in [4.78, 5) is 11.7. The molecule has 2 amide bonds. The van der Waals surface area contributed by atoms with Crippen LogP contribution in [-0.2, 0) is 0 Å². The van der Waals surface area contributed by atoms with E-state index in [-0.39, 0.29) is 6.03 Å². The van der Waals surface area contributed by atoms with Crippen molar-refractivity contribution in [1.29, 1.82) is 0 Å². The van der Waals surface area contributed by atoms with Gasteiger partial charge in [-0.2, -0.15) is 0 Å². The summed E-state index contributed by atoms with van der Waals surface area (Å²) in [5, 5.41) is 5.98. The first-order chi connectivity index (χ1) is 7.84. The average molecular weight is 220 g/mol. The third kappa shape index (κ3) is 3.40. The van der Waals surface area contributed by atoms with Gasteiger partial charge < -0.3 is 10.6 Å². The van der Waals surface area contributed by atoms with Gasteiger partial charge in [0.25, 0.3) is 0 Å². The Bertz CT molecular complexity index is 307. The van der Waals surface area contributed by atoms with E-state index in [4.69, 9.17) is 0 Å². The topological polar surface area (TPSA) is 41.1 Å². The summed E-state index contributed by atoms with van der Waals surface area (Å²) in [6.45, 7) is 0. The van der Waals surface area contributed by atoms with Gasteiger partial charge in [0, 0.05) is 11.7 Å². The van der Waals surface area contributed by atoms with Crippen molar-refractivity contribution in [3.63, 3.8) is 0 Å². The van der Waals surface area contributed by atoms with Gasteiger partial charge in [-0.3, -0.25) is 0 Å². The largest absolute Gasteiger partial charge is 0.335 e. The molecule has 2 aliphatic carbocycles. The fourth-order valence-electron chi connectivity index (χ4n) is 2.24. The van der Waals surface area contributed by atoms with Gasteiger partial charge in [-0.1, -0.05) is 18.2 Å². The minimum atomic E-state index is -0.0338. The molecule has 0 aromatic carbocycles. The maximum atomic E-state index is 11.7. The molecule has 3 nitrogen and oxygen atoms in total. The lowest BCUT2D eigenvalue weighted by atomic mass is 10.0. The Kier molecular flexibility index (Phi) is 4.03. The van der Waals surface area contributed by atoms with Gasteiger partial charge in [0.05, 0.1) is 0 Å². The molecule has 0 bridgehead atoms. The van der Waals surface area contributed by atoms with Crippen molar-refractivity contribution < 1.29 is 4.79 Å². The van der Waals surface area contributed by atoms with Crippen LogP contribution in [0, 0.1) is 0 Å². The molecule has 0 aromatic rings. The van der Waals surface area contributed by atoms with Crippen molar-refractivity contribution in [3.8, 4) is 0 Å². The first-order valence-electron chi connectivity index (χ1n) is 6.26. The van der Waals surface area contributed by atoms with Crippen LogP contribution in [0.1, 0.15) is 44.9 Å². The number of allylic oxidation sites excluding steroid dienone is 3. The molecular formula is C13H20N2O. The van der Waals surface area contributed by atoms with E-state index in [9.17, 15) is 4.79 Å². The Morgan fingerprint density at radius 3 is 2.88 bits per heavy atom. The highest BCUT2D eigenvalue weighted by molar-refractivity contribution is 5.76.